The predicted molar refractivity (Wildman–Crippen MR) is 70.7 cm³/mol. The molecule has 104 valence electrons. The molecule has 0 saturated carbocycles. The van der Waals surface area contributed by atoms with E-state index < -0.39 is 16.4 Å². The van der Waals surface area contributed by atoms with Crippen LogP contribution < -0.4 is 0 Å². The molecular formula is C14H13FN2O3. The molecule has 0 amide bonds. The van der Waals surface area contributed by atoms with E-state index in [1.807, 2.05) is 18.2 Å². The molecule has 0 bridgehead atoms. The number of nitro groups is 1. The highest BCUT2D eigenvalue weighted by molar-refractivity contribution is 5.36. The fourth-order valence-electron chi connectivity index (χ4n) is 1.72. The number of halogens is 1. The summed E-state index contributed by atoms with van der Waals surface area (Å²) in [4.78, 5) is 14.0. The van der Waals surface area contributed by atoms with Crippen molar-refractivity contribution < 1.29 is 14.1 Å². The van der Waals surface area contributed by atoms with Crippen molar-refractivity contribution >= 4 is 5.69 Å². The number of hydrogen-bond acceptors (Lipinski definition) is 4. The summed E-state index contributed by atoms with van der Waals surface area (Å²) in [6.45, 7) is 0.374. The van der Waals surface area contributed by atoms with Gasteiger partial charge in [0.05, 0.1) is 18.1 Å². The van der Waals surface area contributed by atoms with Crippen molar-refractivity contribution in [1.82, 2.24) is 4.98 Å². The molecule has 0 unspecified atom stereocenters. The van der Waals surface area contributed by atoms with Crippen molar-refractivity contribution in [2.75, 3.05) is 6.61 Å². The highest BCUT2D eigenvalue weighted by atomic mass is 19.1. The van der Waals surface area contributed by atoms with Crippen molar-refractivity contribution in [2.24, 2.45) is 0 Å². The maximum absolute atomic E-state index is 13.7. The highest BCUT2D eigenvalue weighted by Gasteiger charge is 2.16. The normalized spacial score (nSPS) is 10.4. The zero-order valence-corrected chi connectivity index (χ0v) is 10.7. The number of aromatic nitrogens is 1. The van der Waals surface area contributed by atoms with Gasteiger partial charge < -0.3 is 4.74 Å². The van der Waals surface area contributed by atoms with Crippen LogP contribution in [0.5, 0.6) is 0 Å². The Labute approximate surface area is 115 Å². The molecule has 0 aliphatic rings. The number of hydrogen-bond donors (Lipinski definition) is 0. The van der Waals surface area contributed by atoms with Gasteiger partial charge in [-0.25, -0.2) is 0 Å². The molecule has 0 aliphatic carbocycles. The van der Waals surface area contributed by atoms with E-state index in [2.05, 4.69) is 4.98 Å². The number of nitro benzene ring substituents is 1. The fraction of sp³-hybridized carbons (Fsp3) is 0.214. The zero-order valence-electron chi connectivity index (χ0n) is 10.7. The van der Waals surface area contributed by atoms with Crippen molar-refractivity contribution in [2.45, 2.75) is 13.0 Å². The Morgan fingerprint density at radius 2 is 2.10 bits per heavy atom. The Kier molecular flexibility index (Phi) is 4.73. The Morgan fingerprint density at radius 3 is 2.80 bits per heavy atom. The Bertz CT molecular complexity index is 590. The third-order valence-electron chi connectivity index (χ3n) is 2.74. The van der Waals surface area contributed by atoms with Crippen LogP contribution in [0.4, 0.5) is 10.1 Å². The van der Waals surface area contributed by atoms with E-state index in [0.29, 0.717) is 13.0 Å². The smallest absolute Gasteiger partial charge is 0.305 e. The maximum Gasteiger partial charge on any atom is 0.305 e. The number of ether oxygens (including phenoxy) is 1. The monoisotopic (exact) mass is 276 g/mol. The molecule has 1 aromatic heterocycles. The van der Waals surface area contributed by atoms with Crippen molar-refractivity contribution in [3.63, 3.8) is 0 Å². The lowest BCUT2D eigenvalue weighted by Crippen LogP contribution is -2.03. The third kappa shape index (κ3) is 3.58. The molecule has 6 heteroatoms. The molecule has 2 rings (SSSR count). The van der Waals surface area contributed by atoms with Crippen molar-refractivity contribution in [3.8, 4) is 0 Å². The summed E-state index contributed by atoms with van der Waals surface area (Å²) in [7, 11) is 0. The van der Waals surface area contributed by atoms with Gasteiger partial charge in [-0.2, -0.15) is 4.39 Å². The van der Waals surface area contributed by atoms with Gasteiger partial charge in [-0.1, -0.05) is 18.2 Å². The fourth-order valence-corrected chi connectivity index (χ4v) is 1.72. The molecule has 0 spiro atoms. The second-order valence-electron chi connectivity index (χ2n) is 4.13. The molecule has 0 radical (unpaired) electrons. The molecule has 0 aliphatic heterocycles. The lowest BCUT2D eigenvalue weighted by Gasteiger charge is -2.05. The van der Waals surface area contributed by atoms with Gasteiger partial charge in [-0.05, 0) is 12.1 Å². The van der Waals surface area contributed by atoms with Crippen LogP contribution >= 0.6 is 0 Å². The largest absolute Gasteiger partial charge is 0.376 e. The average Bonchev–Trinajstić information content (AvgIpc) is 2.46. The van der Waals surface area contributed by atoms with Gasteiger partial charge in [0.2, 0.25) is 5.82 Å². The molecule has 1 heterocycles. The average molecular weight is 276 g/mol. The minimum absolute atomic E-state index is 0.000344. The van der Waals surface area contributed by atoms with E-state index >= 15 is 0 Å². The number of nitrogens with zero attached hydrogens (tertiary/aromatic N) is 2. The summed E-state index contributed by atoms with van der Waals surface area (Å²) >= 11 is 0. The van der Waals surface area contributed by atoms with Crippen LogP contribution in [0.1, 0.15) is 11.3 Å². The lowest BCUT2D eigenvalue weighted by molar-refractivity contribution is -0.387. The van der Waals surface area contributed by atoms with Gasteiger partial charge in [0.1, 0.15) is 0 Å². The van der Waals surface area contributed by atoms with Gasteiger partial charge in [0.15, 0.2) is 0 Å². The van der Waals surface area contributed by atoms with E-state index in [-0.39, 0.29) is 12.2 Å². The first-order valence-electron chi connectivity index (χ1n) is 6.08. The Balaban J connectivity index is 1.88. The van der Waals surface area contributed by atoms with E-state index in [1.54, 1.807) is 6.20 Å². The van der Waals surface area contributed by atoms with Gasteiger partial charge in [-0.15, -0.1) is 0 Å². The molecule has 0 saturated heterocycles. The van der Waals surface area contributed by atoms with Crippen molar-refractivity contribution in [1.29, 1.82) is 0 Å². The highest BCUT2D eigenvalue weighted by Crippen LogP contribution is 2.20. The first kappa shape index (κ1) is 14.1. The van der Waals surface area contributed by atoms with Gasteiger partial charge in [0.25, 0.3) is 0 Å². The second-order valence-corrected chi connectivity index (χ2v) is 4.13. The quantitative estimate of drug-likeness (QED) is 0.462. The topological polar surface area (TPSA) is 65.3 Å². The lowest BCUT2D eigenvalue weighted by atomic mass is 10.2. The van der Waals surface area contributed by atoms with Crippen LogP contribution in [0.25, 0.3) is 0 Å². The predicted octanol–water partition coefficient (Wildman–Crippen LogP) is 2.89. The Hall–Kier alpha value is -2.34. The van der Waals surface area contributed by atoms with Crippen LogP contribution in [0.2, 0.25) is 0 Å². The first-order valence-corrected chi connectivity index (χ1v) is 6.08. The standard InChI is InChI=1S/C14H13FN2O3/c15-14-11(4-3-6-13(14)17(18)19)10-20-9-7-12-5-1-2-8-16-12/h1-6,8H,7,9-10H2. The molecule has 0 N–H and O–H groups in total. The third-order valence-corrected chi connectivity index (χ3v) is 2.74. The summed E-state index contributed by atoms with van der Waals surface area (Å²) in [6.07, 6.45) is 2.30. The van der Waals surface area contributed by atoms with Crippen LogP contribution in [0.3, 0.4) is 0 Å². The summed E-state index contributed by atoms with van der Waals surface area (Å²) in [5.74, 6) is -0.838. The molecule has 2 aromatic rings. The zero-order chi connectivity index (χ0) is 14.4. The molecule has 0 atom stereocenters. The van der Waals surface area contributed by atoms with Gasteiger partial charge >= 0.3 is 5.69 Å². The summed E-state index contributed by atoms with van der Waals surface area (Å²) in [5, 5.41) is 10.6. The number of rotatable bonds is 6. The van der Waals surface area contributed by atoms with Crippen LogP contribution in [0, 0.1) is 15.9 Å². The van der Waals surface area contributed by atoms with Gasteiger partial charge in [0, 0.05) is 29.9 Å². The van der Waals surface area contributed by atoms with E-state index in [4.69, 9.17) is 4.74 Å². The molecule has 1 aromatic carbocycles. The minimum atomic E-state index is -0.838. The SMILES string of the molecule is O=[N+]([O-])c1cccc(COCCc2ccccn2)c1F. The van der Waals surface area contributed by atoms with E-state index in [1.165, 1.54) is 12.1 Å². The van der Waals surface area contributed by atoms with E-state index in [9.17, 15) is 14.5 Å². The second kappa shape index (κ2) is 6.72. The minimum Gasteiger partial charge on any atom is -0.376 e. The van der Waals surface area contributed by atoms with Gasteiger partial charge in [-0.3, -0.25) is 15.1 Å². The first-order chi connectivity index (χ1) is 9.68. The molecule has 5 nitrogen and oxygen atoms in total. The van der Waals surface area contributed by atoms with Crippen LogP contribution in [-0.4, -0.2) is 16.5 Å². The number of benzene rings is 1. The molecule has 0 fully saturated rings. The van der Waals surface area contributed by atoms with E-state index in [0.717, 1.165) is 11.8 Å². The maximum atomic E-state index is 13.7. The van der Waals surface area contributed by atoms with Crippen LogP contribution in [-0.2, 0) is 17.8 Å². The summed E-state index contributed by atoms with van der Waals surface area (Å²) in [5.41, 5.74) is 0.531. The Morgan fingerprint density at radius 1 is 1.25 bits per heavy atom. The molecule has 20 heavy (non-hydrogen) atoms. The molecular weight excluding hydrogens is 263 g/mol. The summed E-state index contributed by atoms with van der Waals surface area (Å²) < 4.78 is 19.1. The number of pyridine rings is 1. The summed E-state index contributed by atoms with van der Waals surface area (Å²) in [6, 6.07) is 9.62. The van der Waals surface area contributed by atoms with Crippen molar-refractivity contribution in [3.05, 3.63) is 69.8 Å². The van der Waals surface area contributed by atoms with Crippen LogP contribution in [0.15, 0.2) is 42.6 Å².